The van der Waals surface area contributed by atoms with Gasteiger partial charge >= 0.3 is 0 Å². The summed E-state index contributed by atoms with van der Waals surface area (Å²) in [6.45, 7) is 9.14. The Kier molecular flexibility index (Phi) is 4.67. The van der Waals surface area contributed by atoms with E-state index in [1.807, 2.05) is 17.6 Å². The topological polar surface area (TPSA) is 49.6 Å². The van der Waals surface area contributed by atoms with Gasteiger partial charge in [-0.05, 0) is 19.4 Å². The summed E-state index contributed by atoms with van der Waals surface area (Å²) in [5.74, 6) is 1.80. The van der Waals surface area contributed by atoms with Gasteiger partial charge in [-0.1, -0.05) is 42.0 Å². The fourth-order valence-electron chi connectivity index (χ4n) is 3.49. The SMILES string of the molecule is CC(=Cc1ccccc1)CN1CCN(c2cncc3nc(C)nn23)CC1. The smallest absolute Gasteiger partial charge is 0.176 e. The molecule has 2 aromatic heterocycles. The number of anilines is 1. The monoisotopic (exact) mass is 348 g/mol. The first-order chi connectivity index (χ1) is 12.7. The summed E-state index contributed by atoms with van der Waals surface area (Å²) < 4.78 is 1.90. The third-order valence-electron chi connectivity index (χ3n) is 4.72. The van der Waals surface area contributed by atoms with Crippen LogP contribution in [-0.2, 0) is 0 Å². The second-order valence-electron chi connectivity index (χ2n) is 6.86. The van der Waals surface area contributed by atoms with E-state index in [9.17, 15) is 0 Å². The molecule has 0 aliphatic carbocycles. The minimum atomic E-state index is 0.777. The molecular formula is C20H24N6. The summed E-state index contributed by atoms with van der Waals surface area (Å²) >= 11 is 0. The fraction of sp³-hybridized carbons (Fsp3) is 0.350. The van der Waals surface area contributed by atoms with E-state index in [-0.39, 0.29) is 0 Å². The van der Waals surface area contributed by atoms with Crippen LogP contribution in [0.3, 0.4) is 0 Å². The lowest BCUT2D eigenvalue weighted by molar-refractivity contribution is 0.277. The third-order valence-corrected chi connectivity index (χ3v) is 4.72. The number of nitrogens with zero attached hydrogens (tertiary/aromatic N) is 6. The second kappa shape index (κ2) is 7.25. The first-order valence-electron chi connectivity index (χ1n) is 9.06. The van der Waals surface area contributed by atoms with Crippen LogP contribution in [0.25, 0.3) is 11.7 Å². The van der Waals surface area contributed by atoms with Gasteiger partial charge in [0.05, 0.1) is 12.4 Å². The van der Waals surface area contributed by atoms with Crippen LogP contribution in [0.2, 0.25) is 0 Å². The molecule has 1 aliphatic heterocycles. The molecule has 1 saturated heterocycles. The van der Waals surface area contributed by atoms with Crippen LogP contribution in [0.5, 0.6) is 0 Å². The zero-order valence-corrected chi connectivity index (χ0v) is 15.3. The predicted molar refractivity (Wildman–Crippen MR) is 104 cm³/mol. The van der Waals surface area contributed by atoms with E-state index in [1.54, 1.807) is 6.20 Å². The Hall–Kier alpha value is -2.73. The Bertz CT molecular complexity index is 906. The molecule has 0 unspecified atom stereocenters. The molecule has 1 aromatic carbocycles. The van der Waals surface area contributed by atoms with Crippen LogP contribution in [0.1, 0.15) is 18.3 Å². The highest BCUT2D eigenvalue weighted by Gasteiger charge is 2.20. The average molecular weight is 348 g/mol. The molecule has 0 saturated carbocycles. The van der Waals surface area contributed by atoms with Gasteiger partial charge in [0.25, 0.3) is 0 Å². The zero-order chi connectivity index (χ0) is 17.9. The van der Waals surface area contributed by atoms with Crippen LogP contribution >= 0.6 is 0 Å². The van der Waals surface area contributed by atoms with Crippen LogP contribution in [0, 0.1) is 6.92 Å². The molecule has 3 aromatic rings. The highest BCUT2D eigenvalue weighted by Crippen LogP contribution is 2.17. The quantitative estimate of drug-likeness (QED) is 0.725. The third kappa shape index (κ3) is 3.60. The Labute approximate surface area is 153 Å². The summed E-state index contributed by atoms with van der Waals surface area (Å²) in [6, 6.07) is 10.5. The normalized spacial score (nSPS) is 16.4. The lowest BCUT2D eigenvalue weighted by Gasteiger charge is -2.35. The van der Waals surface area contributed by atoms with Gasteiger partial charge in [-0.3, -0.25) is 9.88 Å². The van der Waals surface area contributed by atoms with Crippen molar-refractivity contribution in [2.75, 3.05) is 37.6 Å². The number of hydrogen-bond donors (Lipinski definition) is 0. The van der Waals surface area contributed by atoms with Gasteiger partial charge in [0, 0.05) is 32.7 Å². The van der Waals surface area contributed by atoms with Crippen molar-refractivity contribution in [3.8, 4) is 0 Å². The summed E-state index contributed by atoms with van der Waals surface area (Å²) in [5, 5.41) is 4.50. The van der Waals surface area contributed by atoms with Gasteiger partial charge in [0.2, 0.25) is 0 Å². The minimum Gasteiger partial charge on any atom is -0.353 e. The van der Waals surface area contributed by atoms with Crippen molar-refractivity contribution < 1.29 is 0 Å². The van der Waals surface area contributed by atoms with Crippen LogP contribution in [0.15, 0.2) is 48.3 Å². The molecule has 6 heteroatoms. The molecule has 3 heterocycles. The molecule has 4 rings (SSSR count). The number of hydrogen-bond acceptors (Lipinski definition) is 5. The van der Waals surface area contributed by atoms with Gasteiger partial charge < -0.3 is 4.90 Å². The summed E-state index contributed by atoms with van der Waals surface area (Å²) in [5.41, 5.74) is 3.47. The molecule has 0 bridgehead atoms. The van der Waals surface area contributed by atoms with Crippen LogP contribution in [-0.4, -0.2) is 57.2 Å². The molecule has 0 spiro atoms. The van der Waals surface area contributed by atoms with Gasteiger partial charge in [0.15, 0.2) is 11.5 Å². The van der Waals surface area contributed by atoms with E-state index >= 15 is 0 Å². The van der Waals surface area contributed by atoms with Gasteiger partial charge in [-0.15, -0.1) is 5.10 Å². The van der Waals surface area contributed by atoms with Crippen molar-refractivity contribution >= 4 is 17.5 Å². The number of fused-ring (bicyclic) bond motifs is 1. The van der Waals surface area contributed by atoms with E-state index < -0.39 is 0 Å². The summed E-state index contributed by atoms with van der Waals surface area (Å²) in [7, 11) is 0. The van der Waals surface area contributed by atoms with E-state index in [4.69, 9.17) is 0 Å². The fourth-order valence-corrected chi connectivity index (χ4v) is 3.49. The molecule has 0 N–H and O–H groups in total. The van der Waals surface area contributed by atoms with Gasteiger partial charge in [0.1, 0.15) is 5.82 Å². The molecule has 0 radical (unpaired) electrons. The highest BCUT2D eigenvalue weighted by atomic mass is 15.4. The molecule has 26 heavy (non-hydrogen) atoms. The predicted octanol–water partition coefficient (Wildman–Crippen LogP) is 2.66. The van der Waals surface area contributed by atoms with E-state index in [0.29, 0.717) is 0 Å². The first-order valence-corrected chi connectivity index (χ1v) is 9.06. The van der Waals surface area contributed by atoms with Crippen molar-refractivity contribution in [3.05, 3.63) is 59.7 Å². The Morgan fingerprint density at radius 3 is 2.62 bits per heavy atom. The van der Waals surface area contributed by atoms with Crippen molar-refractivity contribution in [1.29, 1.82) is 0 Å². The molecule has 1 fully saturated rings. The Morgan fingerprint density at radius 2 is 1.85 bits per heavy atom. The Balaban J connectivity index is 1.40. The molecule has 134 valence electrons. The molecule has 1 aliphatic rings. The van der Waals surface area contributed by atoms with Crippen molar-refractivity contribution in [1.82, 2.24) is 24.5 Å². The maximum Gasteiger partial charge on any atom is 0.176 e. The first kappa shape index (κ1) is 16.7. The van der Waals surface area contributed by atoms with E-state index in [2.05, 4.69) is 68.2 Å². The molecule has 6 nitrogen and oxygen atoms in total. The summed E-state index contributed by atoms with van der Waals surface area (Å²) in [4.78, 5) is 13.6. The number of benzene rings is 1. The Morgan fingerprint density at radius 1 is 1.08 bits per heavy atom. The lowest BCUT2D eigenvalue weighted by Crippen LogP contribution is -2.47. The lowest BCUT2D eigenvalue weighted by atomic mass is 10.1. The standard InChI is InChI=1S/C20H24N6/c1-16(12-18-6-4-3-5-7-18)15-24-8-10-25(11-9-24)20-14-21-13-19-22-17(2)23-26(19)20/h3-7,12-14H,8-11,15H2,1-2H3. The maximum absolute atomic E-state index is 4.50. The van der Waals surface area contributed by atoms with Crippen molar-refractivity contribution in [2.24, 2.45) is 0 Å². The summed E-state index contributed by atoms with van der Waals surface area (Å²) in [6.07, 6.45) is 5.92. The van der Waals surface area contributed by atoms with E-state index in [0.717, 1.165) is 50.0 Å². The number of aromatic nitrogens is 4. The van der Waals surface area contributed by atoms with Crippen LogP contribution in [0.4, 0.5) is 5.82 Å². The number of aryl methyl sites for hydroxylation is 1. The number of rotatable bonds is 4. The number of piperazine rings is 1. The largest absolute Gasteiger partial charge is 0.353 e. The minimum absolute atomic E-state index is 0.777. The van der Waals surface area contributed by atoms with Gasteiger partial charge in [-0.2, -0.15) is 4.52 Å². The van der Waals surface area contributed by atoms with E-state index in [1.165, 1.54) is 11.1 Å². The van der Waals surface area contributed by atoms with Gasteiger partial charge in [-0.25, -0.2) is 4.98 Å². The average Bonchev–Trinajstić information content (AvgIpc) is 3.03. The maximum atomic E-state index is 4.50. The molecule has 0 amide bonds. The van der Waals surface area contributed by atoms with Crippen LogP contribution < -0.4 is 4.90 Å². The van der Waals surface area contributed by atoms with Crippen molar-refractivity contribution in [2.45, 2.75) is 13.8 Å². The molecular weight excluding hydrogens is 324 g/mol. The second-order valence-corrected chi connectivity index (χ2v) is 6.86. The zero-order valence-electron chi connectivity index (χ0n) is 15.3. The molecule has 0 atom stereocenters. The highest BCUT2D eigenvalue weighted by molar-refractivity contribution is 5.52. The van der Waals surface area contributed by atoms with Crippen molar-refractivity contribution in [3.63, 3.8) is 0 Å².